The van der Waals surface area contributed by atoms with Crippen LogP contribution in [0.2, 0.25) is 0 Å². The molecule has 0 radical (unpaired) electrons. The van der Waals surface area contributed by atoms with Gasteiger partial charge in [0.2, 0.25) is 0 Å². The Hall–Kier alpha value is -3.80. The zero-order valence-corrected chi connectivity index (χ0v) is 16.0. The maximum atomic E-state index is 14.0. The number of aliphatic hydroxyl groups excluding tert-OH is 1. The van der Waals surface area contributed by atoms with Gasteiger partial charge < -0.3 is 5.11 Å². The molecule has 0 spiro atoms. The average molecular weight is 405 g/mol. The van der Waals surface area contributed by atoms with Gasteiger partial charge in [0, 0.05) is 11.3 Å². The Kier molecular flexibility index (Phi) is 4.91. The number of Topliss-reactive ketones (excluding diaryl/α,β-unsaturated/α-hetero) is 1. The Balaban J connectivity index is 1.95. The highest BCUT2D eigenvalue weighted by Gasteiger charge is 2.47. The first-order valence-electron chi connectivity index (χ1n) is 9.26. The maximum absolute atomic E-state index is 14.0. The summed E-state index contributed by atoms with van der Waals surface area (Å²) in [6.45, 7) is 1.88. The third kappa shape index (κ3) is 3.37. The summed E-state index contributed by atoms with van der Waals surface area (Å²) in [6, 6.07) is 16.3. The molecule has 0 aliphatic carbocycles. The summed E-state index contributed by atoms with van der Waals surface area (Å²) in [4.78, 5) is 27.0. The lowest BCUT2D eigenvalue weighted by atomic mass is 9.95. The lowest BCUT2D eigenvalue weighted by molar-refractivity contribution is -0.132. The third-order valence-electron chi connectivity index (χ3n) is 5.04. The van der Waals surface area contributed by atoms with E-state index >= 15 is 0 Å². The van der Waals surface area contributed by atoms with Crippen LogP contribution in [0.4, 0.5) is 14.5 Å². The van der Waals surface area contributed by atoms with Crippen molar-refractivity contribution in [1.82, 2.24) is 0 Å². The Morgan fingerprint density at radius 3 is 2.20 bits per heavy atom. The predicted molar refractivity (Wildman–Crippen MR) is 109 cm³/mol. The largest absolute Gasteiger partial charge is 0.507 e. The van der Waals surface area contributed by atoms with E-state index in [1.165, 1.54) is 30.3 Å². The number of ketones is 1. The van der Waals surface area contributed by atoms with Crippen molar-refractivity contribution >= 4 is 23.1 Å². The van der Waals surface area contributed by atoms with Crippen molar-refractivity contribution in [2.75, 3.05) is 4.90 Å². The molecule has 0 aromatic heterocycles. The van der Waals surface area contributed by atoms with Crippen molar-refractivity contribution in [1.29, 1.82) is 0 Å². The van der Waals surface area contributed by atoms with Gasteiger partial charge in [-0.05, 0) is 48.9 Å². The predicted octanol–water partition coefficient (Wildman–Crippen LogP) is 4.90. The number of amides is 1. The number of benzene rings is 3. The van der Waals surface area contributed by atoms with Crippen molar-refractivity contribution < 1.29 is 23.5 Å². The topological polar surface area (TPSA) is 57.6 Å². The van der Waals surface area contributed by atoms with Crippen LogP contribution in [0, 0.1) is 18.6 Å². The smallest absolute Gasteiger partial charge is 0.300 e. The summed E-state index contributed by atoms with van der Waals surface area (Å²) in [5.74, 6) is -3.19. The molecule has 1 N–H and O–H groups in total. The summed E-state index contributed by atoms with van der Waals surface area (Å²) >= 11 is 0. The normalized spacial score (nSPS) is 18.1. The monoisotopic (exact) mass is 405 g/mol. The number of anilines is 1. The molecule has 3 aromatic carbocycles. The summed E-state index contributed by atoms with van der Waals surface area (Å²) in [5.41, 5.74) is 1.74. The second-order valence-corrected chi connectivity index (χ2v) is 7.07. The number of carbonyl (C=O) groups excluding carboxylic acids is 2. The van der Waals surface area contributed by atoms with Gasteiger partial charge in [-0.15, -0.1) is 0 Å². The van der Waals surface area contributed by atoms with Gasteiger partial charge in [-0.2, -0.15) is 0 Å². The molecule has 1 aliphatic rings. The zero-order valence-electron chi connectivity index (χ0n) is 16.0. The van der Waals surface area contributed by atoms with Crippen molar-refractivity contribution in [3.8, 4) is 0 Å². The molecule has 1 atom stereocenters. The highest BCUT2D eigenvalue weighted by atomic mass is 19.1. The van der Waals surface area contributed by atoms with Crippen molar-refractivity contribution in [3.05, 3.63) is 107 Å². The van der Waals surface area contributed by atoms with Crippen LogP contribution >= 0.6 is 0 Å². The minimum absolute atomic E-state index is 0.154. The Morgan fingerprint density at radius 2 is 1.57 bits per heavy atom. The lowest BCUT2D eigenvalue weighted by Gasteiger charge is -2.25. The van der Waals surface area contributed by atoms with Crippen LogP contribution in [0.5, 0.6) is 0 Å². The highest BCUT2D eigenvalue weighted by molar-refractivity contribution is 6.51. The molecule has 1 saturated heterocycles. The molecule has 0 unspecified atom stereocenters. The molecule has 0 saturated carbocycles. The van der Waals surface area contributed by atoms with Crippen molar-refractivity contribution in [2.45, 2.75) is 13.0 Å². The third-order valence-corrected chi connectivity index (χ3v) is 5.04. The second kappa shape index (κ2) is 7.55. The molecule has 1 aliphatic heterocycles. The van der Waals surface area contributed by atoms with E-state index in [2.05, 4.69) is 0 Å². The summed E-state index contributed by atoms with van der Waals surface area (Å²) in [7, 11) is 0. The lowest BCUT2D eigenvalue weighted by Crippen LogP contribution is -2.29. The molecule has 4 rings (SSSR count). The van der Waals surface area contributed by atoms with Gasteiger partial charge in [-0.25, -0.2) is 8.78 Å². The molecular weight excluding hydrogens is 388 g/mol. The van der Waals surface area contributed by atoms with Gasteiger partial charge in [0.1, 0.15) is 17.4 Å². The molecule has 6 heteroatoms. The van der Waals surface area contributed by atoms with E-state index in [0.717, 1.165) is 22.6 Å². The van der Waals surface area contributed by atoms with E-state index in [9.17, 15) is 23.5 Å². The fraction of sp³-hybridized carbons (Fsp3) is 0.0833. The number of carbonyl (C=O) groups is 2. The molecule has 30 heavy (non-hydrogen) atoms. The molecule has 0 bridgehead atoms. The molecular formula is C24H17F2NO3. The van der Waals surface area contributed by atoms with E-state index in [1.54, 1.807) is 30.3 Å². The van der Waals surface area contributed by atoms with Crippen LogP contribution in [-0.2, 0) is 9.59 Å². The molecule has 1 fully saturated rings. The number of rotatable bonds is 3. The van der Waals surface area contributed by atoms with Crippen LogP contribution in [0.25, 0.3) is 5.76 Å². The van der Waals surface area contributed by atoms with Gasteiger partial charge in [0.15, 0.2) is 0 Å². The van der Waals surface area contributed by atoms with Gasteiger partial charge in [-0.1, -0.05) is 42.0 Å². The van der Waals surface area contributed by atoms with Gasteiger partial charge >= 0.3 is 0 Å². The highest BCUT2D eigenvalue weighted by Crippen LogP contribution is 2.42. The standard InChI is InChI=1S/C24H17F2NO3/c1-14-5-7-15(8-6-14)22(28)20-21(16-3-2-4-18(26)13-16)27(24(30)23(20)29)19-11-9-17(25)10-12-19/h2-13,21,28H,1H3/b22-20-/t21-/m1/s1. The fourth-order valence-electron chi connectivity index (χ4n) is 3.56. The summed E-state index contributed by atoms with van der Waals surface area (Å²) in [6.07, 6.45) is 0. The zero-order chi connectivity index (χ0) is 21.4. The van der Waals surface area contributed by atoms with E-state index in [0.29, 0.717) is 11.1 Å². The summed E-state index contributed by atoms with van der Waals surface area (Å²) < 4.78 is 27.4. The van der Waals surface area contributed by atoms with Crippen LogP contribution in [0.1, 0.15) is 22.7 Å². The maximum Gasteiger partial charge on any atom is 0.300 e. The van der Waals surface area contributed by atoms with Gasteiger partial charge in [-0.3, -0.25) is 14.5 Å². The minimum Gasteiger partial charge on any atom is -0.507 e. The van der Waals surface area contributed by atoms with E-state index < -0.39 is 29.4 Å². The fourth-order valence-corrected chi connectivity index (χ4v) is 3.56. The second-order valence-electron chi connectivity index (χ2n) is 7.07. The number of hydrogen-bond donors (Lipinski definition) is 1. The van der Waals surface area contributed by atoms with Crippen molar-refractivity contribution in [2.24, 2.45) is 0 Å². The number of hydrogen-bond acceptors (Lipinski definition) is 3. The average Bonchev–Trinajstić information content (AvgIpc) is 3.00. The Bertz CT molecular complexity index is 1170. The quantitative estimate of drug-likeness (QED) is 0.383. The van der Waals surface area contributed by atoms with E-state index in [4.69, 9.17) is 0 Å². The molecule has 1 amide bonds. The molecule has 1 heterocycles. The first-order valence-corrected chi connectivity index (χ1v) is 9.26. The van der Waals surface area contributed by atoms with E-state index in [1.807, 2.05) is 6.92 Å². The molecule has 3 aromatic rings. The van der Waals surface area contributed by atoms with Gasteiger partial charge in [0.25, 0.3) is 11.7 Å². The Morgan fingerprint density at radius 1 is 0.900 bits per heavy atom. The number of aliphatic hydroxyl groups is 1. The SMILES string of the molecule is Cc1ccc(/C(O)=C2/C(=O)C(=O)N(c3ccc(F)cc3)[C@@H]2c2cccc(F)c2)cc1. The number of aryl methyl sites for hydroxylation is 1. The summed E-state index contributed by atoms with van der Waals surface area (Å²) in [5, 5.41) is 10.9. The number of halogens is 2. The van der Waals surface area contributed by atoms with Crippen molar-refractivity contribution in [3.63, 3.8) is 0 Å². The first kappa shape index (κ1) is 19.5. The van der Waals surface area contributed by atoms with E-state index in [-0.39, 0.29) is 17.0 Å². The van der Waals surface area contributed by atoms with Crippen LogP contribution in [0.3, 0.4) is 0 Å². The van der Waals surface area contributed by atoms with Gasteiger partial charge in [0.05, 0.1) is 11.6 Å². The first-order chi connectivity index (χ1) is 14.4. The van der Waals surface area contributed by atoms with Crippen LogP contribution < -0.4 is 4.90 Å². The number of nitrogens with zero attached hydrogens (tertiary/aromatic N) is 1. The van der Waals surface area contributed by atoms with Crippen LogP contribution in [-0.4, -0.2) is 16.8 Å². The molecule has 150 valence electrons. The minimum atomic E-state index is -1.06. The van der Waals surface area contributed by atoms with Crippen LogP contribution in [0.15, 0.2) is 78.4 Å². The molecule has 4 nitrogen and oxygen atoms in total. The Labute approximate surface area is 171 Å².